The molecule has 4 aromatic carbocycles. The van der Waals surface area contributed by atoms with Crippen LogP contribution in [0.15, 0.2) is 103 Å². The fraction of sp³-hybridized carbons (Fsp3) is 0.125. The van der Waals surface area contributed by atoms with Gasteiger partial charge in [0.2, 0.25) is 0 Å². The van der Waals surface area contributed by atoms with Crippen molar-refractivity contribution in [2.75, 3.05) is 7.11 Å². The van der Waals surface area contributed by atoms with Gasteiger partial charge in [-0.1, -0.05) is 60.7 Å². The molecule has 0 fully saturated rings. The average molecular weight is 509 g/mol. The molecule has 6 heteroatoms. The molecule has 0 aliphatic heterocycles. The van der Waals surface area contributed by atoms with Gasteiger partial charge in [-0.25, -0.2) is 0 Å². The van der Waals surface area contributed by atoms with Crippen LogP contribution in [0.5, 0.6) is 23.0 Å². The molecule has 0 aromatic heterocycles. The van der Waals surface area contributed by atoms with Gasteiger partial charge in [-0.15, -0.1) is 0 Å². The Labute approximate surface area is 222 Å². The van der Waals surface area contributed by atoms with Crippen molar-refractivity contribution in [2.24, 2.45) is 0 Å². The van der Waals surface area contributed by atoms with Crippen LogP contribution in [0.3, 0.4) is 0 Å². The van der Waals surface area contributed by atoms with E-state index in [1.165, 1.54) is 20.1 Å². The van der Waals surface area contributed by atoms with Crippen LogP contribution in [-0.4, -0.2) is 18.9 Å². The molecule has 0 spiro atoms. The summed E-state index contributed by atoms with van der Waals surface area (Å²) >= 11 is 0. The first-order valence-corrected chi connectivity index (χ1v) is 12.1. The second-order valence-corrected chi connectivity index (χ2v) is 8.40. The van der Waals surface area contributed by atoms with Gasteiger partial charge < -0.3 is 18.9 Å². The van der Waals surface area contributed by atoms with Crippen molar-refractivity contribution in [1.82, 2.24) is 0 Å². The number of allylic oxidation sites excluding steroid dienone is 1. The Hall–Kier alpha value is -4.84. The number of carbonyl (C=O) groups excluding carboxylic acids is 2. The second kappa shape index (κ2) is 12.9. The Morgan fingerprint density at radius 2 is 1.32 bits per heavy atom. The highest BCUT2D eigenvalue weighted by atomic mass is 16.5. The molecule has 0 unspecified atom stereocenters. The maximum Gasteiger partial charge on any atom is 0.308 e. The molecule has 0 aliphatic carbocycles. The molecule has 0 amide bonds. The maximum atomic E-state index is 13.2. The topological polar surface area (TPSA) is 71.1 Å². The highest BCUT2D eigenvalue weighted by Gasteiger charge is 2.14. The zero-order valence-electron chi connectivity index (χ0n) is 21.3. The number of rotatable bonds is 11. The van der Waals surface area contributed by atoms with Crippen LogP contribution >= 0.6 is 0 Å². The summed E-state index contributed by atoms with van der Waals surface area (Å²) < 4.78 is 22.5. The predicted octanol–water partition coefficient (Wildman–Crippen LogP) is 6.67. The van der Waals surface area contributed by atoms with Gasteiger partial charge in [0.25, 0.3) is 0 Å². The zero-order valence-corrected chi connectivity index (χ0v) is 21.3. The van der Waals surface area contributed by atoms with Crippen molar-refractivity contribution >= 4 is 17.8 Å². The number of hydrogen-bond acceptors (Lipinski definition) is 6. The average Bonchev–Trinajstić information content (AvgIpc) is 2.95. The van der Waals surface area contributed by atoms with Crippen LogP contribution in [0.1, 0.15) is 34.0 Å². The Balaban J connectivity index is 1.55. The first-order chi connectivity index (χ1) is 18.5. The molecule has 0 saturated heterocycles. The fourth-order valence-corrected chi connectivity index (χ4v) is 3.71. The van der Waals surface area contributed by atoms with E-state index in [2.05, 4.69) is 0 Å². The fourth-order valence-electron chi connectivity index (χ4n) is 3.71. The molecule has 4 rings (SSSR count). The summed E-state index contributed by atoms with van der Waals surface area (Å²) in [5.41, 5.74) is 3.08. The van der Waals surface area contributed by atoms with Crippen molar-refractivity contribution in [3.63, 3.8) is 0 Å². The molecular formula is C32H28O6. The highest BCUT2D eigenvalue weighted by Crippen LogP contribution is 2.29. The maximum absolute atomic E-state index is 13.2. The number of methoxy groups -OCH3 is 1. The number of esters is 1. The van der Waals surface area contributed by atoms with E-state index in [1.54, 1.807) is 42.5 Å². The van der Waals surface area contributed by atoms with Crippen LogP contribution in [0.4, 0.5) is 0 Å². The summed E-state index contributed by atoms with van der Waals surface area (Å²) in [5.74, 6) is 1.18. The van der Waals surface area contributed by atoms with Crippen molar-refractivity contribution in [1.29, 1.82) is 0 Å². The van der Waals surface area contributed by atoms with Crippen LogP contribution in [0.25, 0.3) is 6.08 Å². The minimum atomic E-state index is -0.426. The standard InChI is InChI=1S/C32H28O6/c1-23(33)38-28-15-13-26(31(20-28)35-2)14-18-30(34)29-17-16-27(36-21-24-9-5-3-6-10-24)19-32(29)37-22-25-11-7-4-8-12-25/h3-20H,21-22H2,1-2H3. The van der Waals surface area contributed by atoms with Crippen molar-refractivity contribution in [3.8, 4) is 23.0 Å². The largest absolute Gasteiger partial charge is 0.496 e. The van der Waals surface area contributed by atoms with Crippen LogP contribution in [0.2, 0.25) is 0 Å². The first kappa shape index (κ1) is 26.2. The van der Waals surface area contributed by atoms with E-state index < -0.39 is 5.97 Å². The van der Waals surface area contributed by atoms with Gasteiger partial charge in [0.1, 0.15) is 36.2 Å². The monoisotopic (exact) mass is 508 g/mol. The Kier molecular flexibility index (Phi) is 8.92. The zero-order chi connectivity index (χ0) is 26.7. The molecule has 38 heavy (non-hydrogen) atoms. The van der Waals surface area contributed by atoms with Gasteiger partial charge in [0, 0.05) is 24.6 Å². The van der Waals surface area contributed by atoms with Gasteiger partial charge in [-0.2, -0.15) is 0 Å². The lowest BCUT2D eigenvalue weighted by Crippen LogP contribution is -2.04. The van der Waals surface area contributed by atoms with E-state index in [1.807, 2.05) is 60.7 Å². The summed E-state index contributed by atoms with van der Waals surface area (Å²) in [6, 6.07) is 29.7. The van der Waals surface area contributed by atoms with Crippen LogP contribution < -0.4 is 18.9 Å². The van der Waals surface area contributed by atoms with Crippen molar-refractivity contribution in [2.45, 2.75) is 20.1 Å². The van der Waals surface area contributed by atoms with E-state index in [4.69, 9.17) is 18.9 Å². The van der Waals surface area contributed by atoms with Gasteiger partial charge >= 0.3 is 5.97 Å². The molecule has 192 valence electrons. The van der Waals surface area contributed by atoms with Gasteiger partial charge in [0.05, 0.1) is 12.7 Å². The number of ether oxygens (including phenoxy) is 4. The molecular weight excluding hydrogens is 480 g/mol. The minimum absolute atomic E-state index is 0.242. The van der Waals surface area contributed by atoms with Gasteiger partial charge in [-0.05, 0) is 47.5 Å². The van der Waals surface area contributed by atoms with Crippen molar-refractivity contribution < 1.29 is 28.5 Å². The molecule has 0 saturated carbocycles. The predicted molar refractivity (Wildman–Crippen MR) is 146 cm³/mol. The normalized spacial score (nSPS) is 10.7. The lowest BCUT2D eigenvalue weighted by Gasteiger charge is -2.13. The van der Waals surface area contributed by atoms with E-state index in [0.29, 0.717) is 47.3 Å². The molecule has 0 heterocycles. The highest BCUT2D eigenvalue weighted by molar-refractivity contribution is 6.08. The molecule has 0 bridgehead atoms. The molecule has 6 nitrogen and oxygen atoms in total. The van der Waals surface area contributed by atoms with Gasteiger partial charge in [-0.3, -0.25) is 9.59 Å². The van der Waals surface area contributed by atoms with E-state index in [-0.39, 0.29) is 5.78 Å². The molecule has 0 atom stereocenters. The number of hydrogen-bond donors (Lipinski definition) is 0. The summed E-state index contributed by atoms with van der Waals surface area (Å²) in [7, 11) is 1.51. The van der Waals surface area contributed by atoms with Crippen molar-refractivity contribution in [3.05, 3.63) is 125 Å². The van der Waals surface area contributed by atoms with E-state index in [0.717, 1.165) is 11.1 Å². The minimum Gasteiger partial charge on any atom is -0.496 e. The summed E-state index contributed by atoms with van der Waals surface area (Å²) in [6.07, 6.45) is 3.11. The Morgan fingerprint density at radius 3 is 1.95 bits per heavy atom. The Bertz CT molecular complexity index is 1410. The number of benzene rings is 4. The van der Waals surface area contributed by atoms with E-state index in [9.17, 15) is 9.59 Å². The molecule has 0 N–H and O–H groups in total. The van der Waals surface area contributed by atoms with Gasteiger partial charge in [0.15, 0.2) is 5.78 Å². The lowest BCUT2D eigenvalue weighted by atomic mass is 10.1. The molecule has 4 aromatic rings. The summed E-state index contributed by atoms with van der Waals surface area (Å²) in [6.45, 7) is 2.03. The van der Waals surface area contributed by atoms with Crippen LogP contribution in [-0.2, 0) is 18.0 Å². The summed E-state index contributed by atoms with van der Waals surface area (Å²) in [5, 5.41) is 0. The third-order valence-corrected chi connectivity index (χ3v) is 5.58. The third kappa shape index (κ3) is 7.34. The first-order valence-electron chi connectivity index (χ1n) is 12.1. The summed E-state index contributed by atoms with van der Waals surface area (Å²) in [4.78, 5) is 24.5. The Morgan fingerprint density at radius 1 is 0.711 bits per heavy atom. The third-order valence-electron chi connectivity index (χ3n) is 5.58. The number of carbonyl (C=O) groups is 2. The quantitative estimate of drug-likeness (QED) is 0.0975. The van der Waals surface area contributed by atoms with Crippen LogP contribution in [0, 0.1) is 0 Å². The smallest absolute Gasteiger partial charge is 0.308 e. The molecule has 0 radical (unpaired) electrons. The van der Waals surface area contributed by atoms with E-state index >= 15 is 0 Å². The SMILES string of the molecule is COc1cc(OC(C)=O)ccc1C=CC(=O)c1ccc(OCc2ccccc2)cc1OCc1ccccc1. The lowest BCUT2D eigenvalue weighted by molar-refractivity contribution is -0.131. The number of ketones is 1. The molecule has 0 aliphatic rings. The second-order valence-electron chi connectivity index (χ2n) is 8.40.